The van der Waals surface area contributed by atoms with E-state index in [1.54, 1.807) is 0 Å². The molecule has 1 N–H and O–H groups in total. The molecule has 3 atom stereocenters. The number of likely N-dealkylation sites (N-methyl/N-ethyl adjacent to an activating group) is 1. The second kappa shape index (κ2) is 5.22. The summed E-state index contributed by atoms with van der Waals surface area (Å²) in [6.45, 7) is 2.36. The average Bonchev–Trinajstić information content (AvgIpc) is 2.14. The van der Waals surface area contributed by atoms with Crippen molar-refractivity contribution in [3.63, 3.8) is 0 Å². The summed E-state index contributed by atoms with van der Waals surface area (Å²) in [6.07, 6.45) is 0.370. The number of hydrogen-bond acceptors (Lipinski definition) is 6. The molecule has 6 nitrogen and oxygen atoms in total. The van der Waals surface area contributed by atoms with E-state index in [1.165, 1.54) is 0 Å². The molecule has 1 heterocycles. The van der Waals surface area contributed by atoms with Crippen LogP contribution in [-0.4, -0.2) is 45.4 Å². The highest BCUT2D eigenvalue weighted by Gasteiger charge is 2.27. The van der Waals surface area contributed by atoms with E-state index in [-0.39, 0.29) is 18.8 Å². The summed E-state index contributed by atoms with van der Waals surface area (Å²) >= 11 is 0. The molecule has 1 aliphatic rings. The third-order valence-corrected chi connectivity index (χ3v) is 3.03. The maximum absolute atomic E-state index is 10.2. The molecule has 1 aliphatic heterocycles. The lowest BCUT2D eigenvalue weighted by molar-refractivity contribution is -0.0458. The van der Waals surface area contributed by atoms with Gasteiger partial charge in [0.25, 0.3) is 0 Å². The van der Waals surface area contributed by atoms with Crippen LogP contribution >= 0.6 is 0 Å². The zero-order valence-corrected chi connectivity index (χ0v) is 9.62. The van der Waals surface area contributed by atoms with E-state index >= 15 is 0 Å². The monoisotopic (exact) mass is 238 g/mol. The summed E-state index contributed by atoms with van der Waals surface area (Å²) in [5.41, 5.74) is 0. The molecule has 0 aromatic rings. The summed E-state index contributed by atoms with van der Waals surface area (Å²) in [4.78, 5) is 0. The van der Waals surface area contributed by atoms with E-state index in [0.717, 1.165) is 0 Å². The molecule has 0 saturated carbocycles. The van der Waals surface area contributed by atoms with Crippen molar-refractivity contribution in [3.05, 3.63) is 0 Å². The second-order valence-electron chi connectivity index (χ2n) is 3.76. The van der Waals surface area contributed by atoms with E-state index in [2.05, 4.69) is 9.50 Å². The standard InChI is InChI=1S/C8H17NO5S/c1-6-3-7(4-14-15(10,11)12)13-5-8(6)9-2/h6-9H,3-5H2,1-2H3,(H,10,11,12)/p-1. The lowest BCUT2D eigenvalue weighted by Crippen LogP contribution is -2.45. The van der Waals surface area contributed by atoms with Gasteiger partial charge in [0.05, 0.1) is 19.3 Å². The molecule has 1 fully saturated rings. The van der Waals surface area contributed by atoms with E-state index in [4.69, 9.17) is 4.74 Å². The Morgan fingerprint density at radius 3 is 2.73 bits per heavy atom. The fourth-order valence-electron chi connectivity index (χ4n) is 1.69. The van der Waals surface area contributed by atoms with Crippen LogP contribution in [-0.2, 0) is 19.3 Å². The Bertz CT molecular complexity index is 291. The molecule has 90 valence electrons. The fourth-order valence-corrected chi connectivity index (χ4v) is 2.01. The first-order valence-electron chi connectivity index (χ1n) is 4.81. The fraction of sp³-hybridized carbons (Fsp3) is 1.00. The van der Waals surface area contributed by atoms with Gasteiger partial charge in [-0.05, 0) is 19.4 Å². The predicted octanol–water partition coefficient (Wildman–Crippen LogP) is -0.524. The highest BCUT2D eigenvalue weighted by molar-refractivity contribution is 7.80. The highest BCUT2D eigenvalue weighted by Crippen LogP contribution is 2.20. The third kappa shape index (κ3) is 4.43. The van der Waals surface area contributed by atoms with Crippen molar-refractivity contribution < 1.29 is 21.9 Å². The van der Waals surface area contributed by atoms with E-state index in [9.17, 15) is 13.0 Å². The smallest absolute Gasteiger partial charge is 0.217 e. The topological polar surface area (TPSA) is 87.7 Å². The molecule has 0 aliphatic carbocycles. The largest absolute Gasteiger partial charge is 0.726 e. The zero-order valence-electron chi connectivity index (χ0n) is 8.80. The van der Waals surface area contributed by atoms with Crippen molar-refractivity contribution in [2.75, 3.05) is 20.3 Å². The van der Waals surface area contributed by atoms with Crippen LogP contribution in [0, 0.1) is 5.92 Å². The van der Waals surface area contributed by atoms with Crippen LogP contribution in [0.4, 0.5) is 0 Å². The normalized spacial score (nSPS) is 32.9. The SMILES string of the molecule is CNC1COC(COS(=O)(=O)[O-])CC1C. The third-order valence-electron chi connectivity index (χ3n) is 2.60. The van der Waals surface area contributed by atoms with E-state index in [0.29, 0.717) is 18.9 Å². The van der Waals surface area contributed by atoms with Crippen molar-refractivity contribution >= 4 is 10.4 Å². The van der Waals surface area contributed by atoms with Gasteiger partial charge < -0.3 is 14.6 Å². The van der Waals surface area contributed by atoms with Gasteiger partial charge in [-0.2, -0.15) is 0 Å². The summed E-state index contributed by atoms with van der Waals surface area (Å²) < 4.78 is 40.2. The molecule has 1 rings (SSSR count). The number of ether oxygens (including phenoxy) is 1. The van der Waals surface area contributed by atoms with Gasteiger partial charge in [-0.3, -0.25) is 4.18 Å². The van der Waals surface area contributed by atoms with Gasteiger partial charge in [0.15, 0.2) is 0 Å². The summed E-state index contributed by atoms with van der Waals surface area (Å²) in [6, 6.07) is 0.269. The first-order valence-corrected chi connectivity index (χ1v) is 6.15. The van der Waals surface area contributed by atoms with Gasteiger partial charge in [-0.15, -0.1) is 0 Å². The van der Waals surface area contributed by atoms with Gasteiger partial charge in [-0.25, -0.2) is 8.42 Å². The minimum absolute atomic E-state index is 0.188. The van der Waals surface area contributed by atoms with Gasteiger partial charge in [0.1, 0.15) is 0 Å². The average molecular weight is 238 g/mol. The quantitative estimate of drug-likeness (QED) is 0.523. The van der Waals surface area contributed by atoms with Crippen molar-refractivity contribution in [2.45, 2.75) is 25.5 Å². The molecule has 15 heavy (non-hydrogen) atoms. The van der Waals surface area contributed by atoms with Crippen LogP contribution < -0.4 is 5.32 Å². The second-order valence-corrected chi connectivity index (χ2v) is 4.81. The molecule has 0 amide bonds. The summed E-state index contributed by atoms with van der Waals surface area (Å²) in [5.74, 6) is 0.367. The van der Waals surface area contributed by atoms with Crippen molar-refractivity contribution in [2.24, 2.45) is 5.92 Å². The van der Waals surface area contributed by atoms with Gasteiger partial charge >= 0.3 is 0 Å². The molecule has 7 heteroatoms. The minimum Gasteiger partial charge on any atom is -0.726 e. The molecular formula is C8H16NO5S-. The molecule has 1 saturated heterocycles. The molecular weight excluding hydrogens is 222 g/mol. The maximum atomic E-state index is 10.2. The number of hydrogen-bond donors (Lipinski definition) is 1. The summed E-state index contributed by atoms with van der Waals surface area (Å²) in [7, 11) is -2.76. The highest BCUT2D eigenvalue weighted by atomic mass is 32.3. The Morgan fingerprint density at radius 2 is 2.27 bits per heavy atom. The lowest BCUT2D eigenvalue weighted by atomic mass is 9.93. The Balaban J connectivity index is 2.35. The maximum Gasteiger partial charge on any atom is 0.217 e. The summed E-state index contributed by atoms with van der Waals surface area (Å²) in [5, 5.41) is 3.10. The van der Waals surface area contributed by atoms with Crippen molar-refractivity contribution in [1.82, 2.24) is 5.32 Å². The van der Waals surface area contributed by atoms with Crippen LogP contribution in [0.2, 0.25) is 0 Å². The van der Waals surface area contributed by atoms with Gasteiger partial charge in [0.2, 0.25) is 10.4 Å². The van der Waals surface area contributed by atoms with Crippen LogP contribution in [0.3, 0.4) is 0 Å². The number of nitrogens with one attached hydrogen (secondary N) is 1. The van der Waals surface area contributed by atoms with E-state index < -0.39 is 10.4 Å². The lowest BCUT2D eigenvalue weighted by Gasteiger charge is -2.34. The molecule has 0 bridgehead atoms. The van der Waals surface area contributed by atoms with Gasteiger partial charge in [-0.1, -0.05) is 6.92 Å². The van der Waals surface area contributed by atoms with Crippen molar-refractivity contribution in [1.29, 1.82) is 0 Å². The minimum atomic E-state index is -4.61. The Hall–Kier alpha value is -0.210. The Kier molecular flexibility index (Phi) is 4.47. The first-order chi connectivity index (χ1) is 6.92. The molecule has 0 radical (unpaired) electrons. The first kappa shape index (κ1) is 12.9. The van der Waals surface area contributed by atoms with Crippen LogP contribution in [0.1, 0.15) is 13.3 Å². The number of rotatable bonds is 4. The molecule has 0 spiro atoms. The predicted molar refractivity (Wildman–Crippen MR) is 52.0 cm³/mol. The van der Waals surface area contributed by atoms with Gasteiger partial charge in [0, 0.05) is 6.04 Å². The zero-order chi connectivity index (χ0) is 11.5. The van der Waals surface area contributed by atoms with E-state index in [1.807, 2.05) is 14.0 Å². The Labute approximate surface area is 89.9 Å². The molecule has 0 aromatic carbocycles. The molecule has 0 aromatic heterocycles. The van der Waals surface area contributed by atoms with Crippen LogP contribution in [0.25, 0.3) is 0 Å². The van der Waals surface area contributed by atoms with Crippen LogP contribution in [0.5, 0.6) is 0 Å². The van der Waals surface area contributed by atoms with Crippen LogP contribution in [0.15, 0.2) is 0 Å². The molecule has 3 unspecified atom stereocenters. The Morgan fingerprint density at radius 1 is 1.60 bits per heavy atom. The van der Waals surface area contributed by atoms with Crippen molar-refractivity contribution in [3.8, 4) is 0 Å².